The molecular weight excluding hydrogens is 1250 g/mol. The van der Waals surface area contributed by atoms with Gasteiger partial charge in [-0.15, -0.1) is 23.2 Å². The number of phenolic OH excluding ortho intramolecular Hbond substituents is 1. The molecule has 0 saturated heterocycles. The monoisotopic (exact) mass is 1350 g/mol. The fraction of sp³-hybridized carbons (Fsp3) is 0.457. The van der Waals surface area contributed by atoms with E-state index in [4.69, 9.17) is 52.5 Å². The molecule has 0 aliphatic carbocycles. The van der Waals surface area contributed by atoms with Crippen LogP contribution < -0.4 is 21.7 Å². The summed E-state index contributed by atoms with van der Waals surface area (Å²) >= 11 is 14.7. The van der Waals surface area contributed by atoms with Gasteiger partial charge in [-0.1, -0.05) is 197 Å². The molecule has 15 heteroatoms. The molecule has 0 unspecified atom stereocenters. The highest BCUT2D eigenvalue weighted by Gasteiger charge is 2.31. The Hall–Kier alpha value is -3.82. The number of carbonyl (C=O) groups excluding carboxylic acids is 2. The lowest BCUT2D eigenvalue weighted by Crippen LogP contribution is -3.00. The Labute approximate surface area is 545 Å². The van der Waals surface area contributed by atoms with Gasteiger partial charge in [0.05, 0.1) is 37.2 Å². The molecule has 8 nitrogen and oxygen atoms in total. The average molecular weight is 1350 g/mol. The lowest BCUT2D eigenvalue weighted by molar-refractivity contribution is -0.134. The molecule has 0 fully saturated rings. The first-order chi connectivity index (χ1) is 40.3. The Bertz CT molecular complexity index is 2620. The van der Waals surface area contributed by atoms with E-state index in [9.17, 15) is 14.7 Å². The Balaban J connectivity index is 0.00000118. The van der Waals surface area contributed by atoms with Crippen molar-refractivity contribution in [2.45, 2.75) is 207 Å². The Kier molecular flexibility index (Phi) is 47.8. The second kappa shape index (κ2) is 50.1. The number of rotatable bonds is 28. The first kappa shape index (κ1) is 81.2. The van der Waals surface area contributed by atoms with E-state index in [-0.39, 0.29) is 55.3 Å². The first-order valence-electron chi connectivity index (χ1n) is 30.0. The zero-order chi connectivity index (χ0) is 62.5. The molecule has 0 amide bonds. The third-order valence-electron chi connectivity index (χ3n) is 13.3. The molecule has 0 bridgehead atoms. The zero-order valence-corrected chi connectivity index (χ0v) is 58.8. The summed E-state index contributed by atoms with van der Waals surface area (Å²) in [7, 11) is -4.28. The van der Waals surface area contributed by atoms with Crippen molar-refractivity contribution >= 4 is 77.9 Å². The van der Waals surface area contributed by atoms with Gasteiger partial charge in [0.2, 0.25) is 5.24 Å². The maximum absolute atomic E-state index is 12.5. The zero-order valence-electron chi connectivity index (χ0n) is 52.5. The molecule has 6 aromatic rings. The van der Waals surface area contributed by atoms with E-state index in [1.165, 1.54) is 126 Å². The normalized spacial score (nSPS) is 10.6. The highest BCUT2D eigenvalue weighted by molar-refractivity contribution is 7.97. The van der Waals surface area contributed by atoms with Gasteiger partial charge in [-0.25, -0.2) is 8.42 Å². The van der Waals surface area contributed by atoms with Gasteiger partial charge in [-0.05, 0) is 143 Å². The van der Waals surface area contributed by atoms with Gasteiger partial charge >= 0.3 is 5.97 Å². The molecule has 0 atom stereocenters. The van der Waals surface area contributed by atoms with Gasteiger partial charge in [0.15, 0.2) is 29.4 Å². The third kappa shape index (κ3) is 37.6. The summed E-state index contributed by atoms with van der Waals surface area (Å²) in [6.07, 6.45) is 21.5. The smallest absolute Gasteiger partial charge is 0.311 e. The fourth-order valence-electron chi connectivity index (χ4n) is 8.90. The summed E-state index contributed by atoms with van der Waals surface area (Å²) in [4.78, 5) is 32.9. The number of hydrogen-bond acceptors (Lipinski definition) is 8. The molecule has 1 N–H and O–H groups in total. The number of carbonyl (C=O) groups is 2. The number of benzene rings is 6. The number of ether oxygens (including phenoxy) is 1. The number of aryl methyl sites for hydroxylation is 4. The van der Waals surface area contributed by atoms with E-state index < -0.39 is 10.1 Å². The van der Waals surface area contributed by atoms with E-state index in [1.54, 1.807) is 0 Å². The molecule has 0 saturated carbocycles. The summed E-state index contributed by atoms with van der Waals surface area (Å²) in [5.41, 5.74) is 3.89. The molecule has 0 aliphatic rings. The van der Waals surface area contributed by atoms with Gasteiger partial charge in [0.1, 0.15) is 11.5 Å². The highest BCUT2D eigenvalue weighted by atomic mass is 79.9. The van der Waals surface area contributed by atoms with E-state index >= 15 is 0 Å². The molecule has 6 rings (SSSR count). The molecule has 0 spiro atoms. The van der Waals surface area contributed by atoms with Crippen LogP contribution in [0.5, 0.6) is 11.5 Å². The number of esters is 1. The van der Waals surface area contributed by atoms with Crippen LogP contribution in [0.25, 0.3) is 0 Å². The minimum Gasteiger partial charge on any atom is -1.00 e. The van der Waals surface area contributed by atoms with E-state index in [2.05, 4.69) is 173 Å². The number of nitrogens with zero attached hydrogens (tertiary/aromatic N) is 1. The van der Waals surface area contributed by atoms with Crippen molar-refractivity contribution in [3.8, 4) is 11.5 Å². The lowest BCUT2D eigenvalue weighted by atomic mass is 10.1. The third-order valence-corrected chi connectivity index (χ3v) is 17.9. The highest BCUT2D eigenvalue weighted by Crippen LogP contribution is 2.37. The van der Waals surface area contributed by atoms with Gasteiger partial charge in [0, 0.05) is 43.4 Å². The number of hydrogen-bond donors (Lipinski definition) is 1. The van der Waals surface area contributed by atoms with Crippen LogP contribution in [0.2, 0.25) is 0 Å². The number of unbranched alkanes of at least 4 members (excludes halogenated alkanes) is 14. The summed E-state index contributed by atoms with van der Waals surface area (Å²) in [5.74, 6) is 1.00. The maximum atomic E-state index is 12.5. The lowest BCUT2D eigenvalue weighted by Gasteiger charge is -2.14. The van der Waals surface area contributed by atoms with Crippen molar-refractivity contribution in [3.63, 3.8) is 0 Å². The van der Waals surface area contributed by atoms with Crippen LogP contribution in [0.4, 0.5) is 0 Å². The topological polar surface area (TPSA) is 124 Å². The van der Waals surface area contributed by atoms with Crippen LogP contribution in [0.1, 0.15) is 172 Å². The van der Waals surface area contributed by atoms with Gasteiger partial charge in [-0.3, -0.25) is 9.59 Å². The van der Waals surface area contributed by atoms with Crippen LogP contribution in [0.15, 0.2) is 175 Å². The van der Waals surface area contributed by atoms with Gasteiger partial charge < -0.3 is 36.3 Å². The SMILES string of the molecule is CCCCCCCCCCC(=O)Cl.CCCCCCCCCCC(=O)Oc1c(C)cc([S+](c2ccccc2)c2ccccc2)cc1C.CCN(CC)CC.CS(=O)(=O)[O-].Cc1cc([S+](c2ccccc2)c2ccccc2)cc(C)c1O.ClCCl.[Br-]. The minimum absolute atomic E-state index is 0. The van der Waals surface area contributed by atoms with Gasteiger partial charge in [0.25, 0.3) is 0 Å². The van der Waals surface area contributed by atoms with Gasteiger partial charge in [-0.2, -0.15) is 0 Å². The Morgan fingerprint density at radius 1 is 0.482 bits per heavy atom. The summed E-state index contributed by atoms with van der Waals surface area (Å²) in [5, 5.41) is 10.1. The molecule has 0 aromatic heterocycles. The summed E-state index contributed by atoms with van der Waals surface area (Å²) in [6, 6.07) is 51.0. The van der Waals surface area contributed by atoms with Crippen molar-refractivity contribution in [1.82, 2.24) is 4.90 Å². The van der Waals surface area contributed by atoms with E-state index in [0.29, 0.717) is 24.8 Å². The van der Waals surface area contributed by atoms with E-state index in [1.807, 2.05) is 39.8 Å². The van der Waals surface area contributed by atoms with Crippen molar-refractivity contribution < 1.29 is 49.4 Å². The standard InChI is InChI=1S/C31H39O2S.C20H18OS.C11H21ClO.C6H15N.CH2Cl2.CH4O3S.BrH/c1-4-5-6-7-8-9-10-17-22-30(32)33-31-25(2)23-29(24-26(31)3)34(27-18-13-11-14-19-27)28-20-15-12-16-21-28;1-15-13-19(14-16(2)20(15)21)22(17-9-5-3-6-10-17)18-11-7-4-8-12-18;1-2-3-4-5-6-7-8-9-10-11(12)13;1-4-7(5-2)6-3;2-1-3;1-5(2,3)4;/h11-16,18-21,23-24H,4-10,17,22H2,1-3H3;3-14H,1-2H3;2-10H2,1H3;4-6H2,1-3H3;1H2;1H3,(H,2,3,4);1H/q+1;;;;;;/p-1. The molecule has 0 heterocycles. The number of phenols is 1. The maximum Gasteiger partial charge on any atom is 0.311 e. The molecule has 6 aromatic carbocycles. The number of alkyl halides is 2. The quantitative estimate of drug-likeness (QED) is 0.00980. The molecule has 472 valence electrons. The predicted octanol–water partition coefficient (Wildman–Crippen LogP) is 17.2. The van der Waals surface area contributed by atoms with Crippen LogP contribution in [0.3, 0.4) is 0 Å². The van der Waals surface area contributed by atoms with Crippen molar-refractivity contribution in [1.29, 1.82) is 0 Å². The molecule has 0 radical (unpaired) electrons. The molecular formula is C70H99BrCl3NO7S3. The fourth-order valence-corrected chi connectivity index (χ4v) is 13.6. The second-order valence-corrected chi connectivity index (χ2v) is 27.1. The van der Waals surface area contributed by atoms with Crippen LogP contribution in [-0.2, 0) is 41.5 Å². The van der Waals surface area contributed by atoms with Crippen LogP contribution in [0, 0.1) is 27.7 Å². The summed E-state index contributed by atoms with van der Waals surface area (Å²) in [6.45, 7) is 22.6. The summed E-state index contributed by atoms with van der Waals surface area (Å²) < 4.78 is 33.1. The molecule has 85 heavy (non-hydrogen) atoms. The first-order valence-corrected chi connectivity index (χ1v) is 35.8. The second-order valence-electron chi connectivity index (χ2n) is 20.4. The van der Waals surface area contributed by atoms with Crippen molar-refractivity contribution in [3.05, 3.63) is 168 Å². The average Bonchev–Trinajstić information content (AvgIpc) is 3.55. The van der Waals surface area contributed by atoms with E-state index in [0.717, 1.165) is 53.7 Å². The number of aromatic hydroxyl groups is 1. The minimum atomic E-state index is -3.92. The molecule has 0 aliphatic heterocycles. The Morgan fingerprint density at radius 3 is 1.00 bits per heavy atom. The number of halogens is 4. The van der Waals surface area contributed by atoms with Crippen LogP contribution >= 0.6 is 34.8 Å². The van der Waals surface area contributed by atoms with Crippen molar-refractivity contribution in [2.24, 2.45) is 0 Å². The van der Waals surface area contributed by atoms with Crippen LogP contribution in [-0.4, -0.2) is 65.4 Å². The largest absolute Gasteiger partial charge is 1.00 e. The predicted molar refractivity (Wildman–Crippen MR) is 360 cm³/mol. The Morgan fingerprint density at radius 2 is 0.741 bits per heavy atom. The van der Waals surface area contributed by atoms with Crippen molar-refractivity contribution in [2.75, 3.05) is 31.2 Å².